The molecule has 126 valence electrons. The van der Waals surface area contributed by atoms with Gasteiger partial charge in [0, 0.05) is 17.5 Å². The molecule has 8 heteroatoms. The van der Waals surface area contributed by atoms with E-state index in [0.29, 0.717) is 19.4 Å². The largest absolute Gasteiger partial charge is 0.490 e. The molecule has 1 unspecified atom stereocenters. The summed E-state index contributed by atoms with van der Waals surface area (Å²) in [6, 6.07) is 3.62. The van der Waals surface area contributed by atoms with Crippen molar-refractivity contribution in [3.8, 4) is 0 Å². The molecular weight excluding hydrogens is 321 g/mol. The van der Waals surface area contributed by atoms with E-state index in [1.165, 1.54) is 18.2 Å². The number of carbonyl (C=O) groups is 1. The molecule has 0 bridgehead atoms. The van der Waals surface area contributed by atoms with E-state index in [-0.39, 0.29) is 17.9 Å². The van der Waals surface area contributed by atoms with Crippen LogP contribution in [0.25, 0.3) is 0 Å². The molecule has 1 N–H and O–H groups in total. The number of hydrogen-bond donors (Lipinski definition) is 1. The molecule has 1 aliphatic carbocycles. The number of nitrogens with one attached hydrogen (secondary N) is 1. The zero-order chi connectivity index (χ0) is 16.8. The van der Waals surface area contributed by atoms with Crippen molar-refractivity contribution in [3.05, 3.63) is 35.4 Å². The Balaban J connectivity index is 1.57. The predicted molar refractivity (Wildman–Crippen MR) is 69.2 cm³/mol. The summed E-state index contributed by atoms with van der Waals surface area (Å²) < 4.78 is 68.3. The van der Waals surface area contributed by atoms with Gasteiger partial charge in [0.25, 0.3) is 0 Å². The number of ether oxygens (including phenoxy) is 1. The Hall–Kier alpha value is -1.70. The molecule has 1 saturated heterocycles. The minimum Gasteiger partial charge on any atom is -0.439 e. The van der Waals surface area contributed by atoms with Crippen LogP contribution in [0.1, 0.15) is 18.4 Å². The number of halogens is 5. The standard InChI is InChI=1S/C15H14F5NO2/c16-10-2-1-3-11(17)9(10)4-8-5-14(6-8)7-21-12(14)23-13(22)15(18,19)20/h1-3,8,12,21H,4-7H2. The van der Waals surface area contributed by atoms with E-state index in [1.807, 2.05) is 0 Å². The van der Waals surface area contributed by atoms with Gasteiger partial charge in [0.15, 0.2) is 6.23 Å². The topological polar surface area (TPSA) is 38.3 Å². The van der Waals surface area contributed by atoms with Gasteiger partial charge in [-0.15, -0.1) is 0 Å². The van der Waals surface area contributed by atoms with Crippen LogP contribution in [0.3, 0.4) is 0 Å². The number of hydrogen-bond acceptors (Lipinski definition) is 3. The predicted octanol–water partition coefficient (Wildman–Crippen LogP) is 2.94. The minimum absolute atomic E-state index is 0.0107. The Labute approximate surface area is 128 Å². The van der Waals surface area contributed by atoms with Crippen LogP contribution in [0.15, 0.2) is 18.2 Å². The molecule has 23 heavy (non-hydrogen) atoms. The van der Waals surface area contributed by atoms with E-state index in [0.717, 1.165) is 0 Å². The number of carbonyl (C=O) groups excluding carboxylic acids is 1. The quantitative estimate of drug-likeness (QED) is 0.682. The third-order valence-corrected chi connectivity index (χ3v) is 4.60. The van der Waals surface area contributed by atoms with Gasteiger partial charge in [0.2, 0.25) is 0 Å². The first kappa shape index (κ1) is 16.2. The number of alkyl halides is 3. The highest BCUT2D eigenvalue weighted by molar-refractivity contribution is 5.75. The van der Waals surface area contributed by atoms with Gasteiger partial charge in [-0.2, -0.15) is 13.2 Å². The van der Waals surface area contributed by atoms with Gasteiger partial charge in [-0.25, -0.2) is 13.6 Å². The fourth-order valence-electron chi connectivity index (χ4n) is 3.42. The second kappa shape index (κ2) is 5.43. The summed E-state index contributed by atoms with van der Waals surface area (Å²) in [4.78, 5) is 10.9. The summed E-state index contributed by atoms with van der Waals surface area (Å²) in [6.07, 6.45) is -4.91. The highest BCUT2D eigenvalue weighted by Gasteiger charge is 2.58. The van der Waals surface area contributed by atoms with Gasteiger partial charge < -0.3 is 4.74 Å². The Morgan fingerprint density at radius 3 is 2.35 bits per heavy atom. The maximum atomic E-state index is 13.6. The fourth-order valence-corrected chi connectivity index (χ4v) is 3.42. The van der Waals surface area contributed by atoms with Crippen LogP contribution in [-0.2, 0) is 16.0 Å². The lowest BCUT2D eigenvalue weighted by molar-refractivity contribution is -0.233. The van der Waals surface area contributed by atoms with Crippen LogP contribution in [0.5, 0.6) is 0 Å². The van der Waals surface area contributed by atoms with E-state index in [4.69, 9.17) is 0 Å². The second-order valence-corrected chi connectivity index (χ2v) is 6.20. The summed E-state index contributed by atoms with van der Waals surface area (Å²) in [6.45, 7) is 0.430. The monoisotopic (exact) mass is 335 g/mol. The summed E-state index contributed by atoms with van der Waals surface area (Å²) in [7, 11) is 0. The molecule has 0 aromatic heterocycles. The van der Waals surface area contributed by atoms with Crippen LogP contribution in [0, 0.1) is 23.0 Å². The molecule has 1 spiro atoms. The third-order valence-electron chi connectivity index (χ3n) is 4.60. The summed E-state index contributed by atoms with van der Waals surface area (Å²) in [5.74, 6) is -3.52. The zero-order valence-electron chi connectivity index (χ0n) is 11.9. The normalized spacial score (nSPS) is 29.8. The molecule has 1 aromatic carbocycles. The van der Waals surface area contributed by atoms with Crippen molar-refractivity contribution >= 4 is 5.97 Å². The lowest BCUT2D eigenvalue weighted by Gasteiger charge is -2.58. The van der Waals surface area contributed by atoms with Crippen LogP contribution >= 0.6 is 0 Å². The maximum absolute atomic E-state index is 13.6. The average Bonchev–Trinajstić information content (AvgIpc) is 2.39. The Bertz CT molecular complexity index is 605. The van der Waals surface area contributed by atoms with Gasteiger partial charge in [0.05, 0.1) is 0 Å². The molecule has 1 aliphatic heterocycles. The summed E-state index contributed by atoms with van der Waals surface area (Å²) in [5, 5.41) is 2.66. The minimum atomic E-state index is -5.03. The third kappa shape index (κ3) is 2.91. The van der Waals surface area contributed by atoms with Crippen molar-refractivity contribution < 1.29 is 31.5 Å². The number of esters is 1. The SMILES string of the molecule is O=C(OC1NCC12CC(Cc1c(F)cccc1F)C2)C(F)(F)F. The van der Waals surface area contributed by atoms with Gasteiger partial charge in [-0.05, 0) is 37.3 Å². The van der Waals surface area contributed by atoms with E-state index in [2.05, 4.69) is 10.1 Å². The first-order valence-electron chi connectivity index (χ1n) is 7.15. The molecule has 2 fully saturated rings. The molecular formula is C15H14F5NO2. The smallest absolute Gasteiger partial charge is 0.439 e. The highest BCUT2D eigenvalue weighted by Crippen LogP contribution is 2.53. The first-order chi connectivity index (χ1) is 10.7. The van der Waals surface area contributed by atoms with E-state index in [1.54, 1.807) is 0 Å². The van der Waals surface area contributed by atoms with E-state index < -0.39 is 35.4 Å². The summed E-state index contributed by atoms with van der Waals surface area (Å²) in [5.41, 5.74) is -0.559. The van der Waals surface area contributed by atoms with Gasteiger partial charge in [-0.3, -0.25) is 5.32 Å². The number of rotatable bonds is 3. The molecule has 2 aliphatic rings. The van der Waals surface area contributed by atoms with Crippen LogP contribution in [0.2, 0.25) is 0 Å². The van der Waals surface area contributed by atoms with Crippen molar-refractivity contribution in [2.45, 2.75) is 31.7 Å². The maximum Gasteiger partial charge on any atom is 0.490 e. The van der Waals surface area contributed by atoms with Crippen molar-refractivity contribution in [2.24, 2.45) is 11.3 Å². The molecule has 1 atom stereocenters. The molecule has 3 nitrogen and oxygen atoms in total. The zero-order valence-corrected chi connectivity index (χ0v) is 11.9. The Morgan fingerprint density at radius 1 is 1.26 bits per heavy atom. The van der Waals surface area contributed by atoms with Crippen molar-refractivity contribution in [1.82, 2.24) is 5.32 Å². The highest BCUT2D eigenvalue weighted by atomic mass is 19.4. The van der Waals surface area contributed by atoms with Crippen LogP contribution < -0.4 is 5.32 Å². The average molecular weight is 335 g/mol. The van der Waals surface area contributed by atoms with E-state index >= 15 is 0 Å². The summed E-state index contributed by atoms with van der Waals surface area (Å²) >= 11 is 0. The molecule has 1 aromatic rings. The van der Waals surface area contributed by atoms with Crippen LogP contribution in [0.4, 0.5) is 22.0 Å². The Morgan fingerprint density at radius 2 is 1.87 bits per heavy atom. The lowest BCUT2D eigenvalue weighted by Crippen LogP contribution is -2.69. The number of benzene rings is 1. The van der Waals surface area contributed by atoms with Crippen molar-refractivity contribution in [3.63, 3.8) is 0 Å². The fraction of sp³-hybridized carbons (Fsp3) is 0.533. The second-order valence-electron chi connectivity index (χ2n) is 6.20. The molecule has 0 amide bonds. The van der Waals surface area contributed by atoms with Gasteiger partial charge in [0.1, 0.15) is 11.6 Å². The van der Waals surface area contributed by atoms with Gasteiger partial charge in [-0.1, -0.05) is 6.07 Å². The molecule has 0 radical (unpaired) electrons. The van der Waals surface area contributed by atoms with Gasteiger partial charge >= 0.3 is 12.1 Å². The van der Waals surface area contributed by atoms with Crippen molar-refractivity contribution in [1.29, 1.82) is 0 Å². The molecule has 3 rings (SSSR count). The van der Waals surface area contributed by atoms with E-state index in [9.17, 15) is 26.7 Å². The first-order valence-corrected chi connectivity index (χ1v) is 7.15. The lowest BCUT2D eigenvalue weighted by atomic mass is 9.56. The Kier molecular flexibility index (Phi) is 3.82. The van der Waals surface area contributed by atoms with Crippen LogP contribution in [-0.4, -0.2) is 24.9 Å². The molecule has 1 heterocycles. The van der Waals surface area contributed by atoms with Crippen molar-refractivity contribution in [2.75, 3.05) is 6.54 Å². The molecule has 1 saturated carbocycles.